The van der Waals surface area contributed by atoms with Crippen molar-refractivity contribution in [2.24, 2.45) is 10.7 Å². The molecule has 0 fully saturated rings. The van der Waals surface area contributed by atoms with E-state index in [9.17, 15) is 13.2 Å². The average molecular weight is 398 g/mol. The van der Waals surface area contributed by atoms with Gasteiger partial charge < -0.3 is 10.6 Å². The van der Waals surface area contributed by atoms with Gasteiger partial charge in [0.2, 0.25) is 5.96 Å². The molecule has 0 unspecified atom stereocenters. The van der Waals surface area contributed by atoms with Crippen molar-refractivity contribution in [2.45, 2.75) is 19.0 Å². The van der Waals surface area contributed by atoms with Gasteiger partial charge in [-0.05, 0) is 48.7 Å². The fraction of sp³-hybridized carbons (Fsp3) is 0.235. The number of fused-ring (bicyclic) bond motifs is 1. The van der Waals surface area contributed by atoms with Gasteiger partial charge in [0.25, 0.3) is 0 Å². The molecule has 126 valence electrons. The fourth-order valence-corrected chi connectivity index (χ4v) is 3.11. The highest BCUT2D eigenvalue weighted by atomic mass is 79.9. The van der Waals surface area contributed by atoms with Gasteiger partial charge in [-0.3, -0.25) is 0 Å². The molecule has 0 saturated heterocycles. The number of aliphatic imine (C=N–C) groups is 1. The maximum absolute atomic E-state index is 13.0. The minimum Gasteiger partial charge on any atom is -0.369 e. The van der Waals surface area contributed by atoms with Crippen molar-refractivity contribution in [1.29, 1.82) is 0 Å². The lowest BCUT2D eigenvalue weighted by molar-refractivity contribution is -0.137. The second kappa shape index (κ2) is 6.47. The van der Waals surface area contributed by atoms with E-state index in [4.69, 9.17) is 5.73 Å². The lowest BCUT2D eigenvalue weighted by Gasteiger charge is -2.31. The summed E-state index contributed by atoms with van der Waals surface area (Å²) in [5.74, 6) is 0.188. The number of halogens is 4. The predicted octanol–water partition coefficient (Wildman–Crippen LogP) is 4.87. The Morgan fingerprint density at radius 3 is 2.67 bits per heavy atom. The van der Waals surface area contributed by atoms with Crippen molar-refractivity contribution in [1.82, 2.24) is 0 Å². The minimum atomic E-state index is -4.38. The number of nitrogens with zero attached hydrogens (tertiary/aromatic N) is 2. The van der Waals surface area contributed by atoms with Gasteiger partial charge in [-0.2, -0.15) is 13.2 Å². The van der Waals surface area contributed by atoms with Gasteiger partial charge >= 0.3 is 6.18 Å². The van der Waals surface area contributed by atoms with Gasteiger partial charge in [-0.15, -0.1) is 0 Å². The summed E-state index contributed by atoms with van der Waals surface area (Å²) >= 11 is 3.36. The Bertz CT molecular complexity index is 787. The largest absolute Gasteiger partial charge is 0.416 e. The molecule has 3 rings (SSSR count). The molecular weight excluding hydrogens is 383 g/mol. The van der Waals surface area contributed by atoms with Crippen LogP contribution in [0.4, 0.5) is 24.5 Å². The van der Waals surface area contributed by atoms with Crippen molar-refractivity contribution in [3.05, 3.63) is 58.1 Å². The Hall–Kier alpha value is -2.02. The van der Waals surface area contributed by atoms with Gasteiger partial charge in [0.1, 0.15) is 0 Å². The van der Waals surface area contributed by atoms with Crippen molar-refractivity contribution in [3.63, 3.8) is 0 Å². The minimum absolute atomic E-state index is 0.188. The Labute approximate surface area is 146 Å². The number of aryl methyl sites for hydroxylation is 1. The van der Waals surface area contributed by atoms with Crippen LogP contribution in [0.15, 0.2) is 51.9 Å². The first-order chi connectivity index (χ1) is 11.3. The lowest BCUT2D eigenvalue weighted by Crippen LogP contribution is -2.40. The van der Waals surface area contributed by atoms with Crippen LogP contribution in [0, 0.1) is 0 Å². The first-order valence-corrected chi connectivity index (χ1v) is 8.21. The second-order valence-electron chi connectivity index (χ2n) is 5.55. The van der Waals surface area contributed by atoms with Gasteiger partial charge in [-0.25, -0.2) is 4.99 Å². The van der Waals surface area contributed by atoms with Gasteiger partial charge in [0, 0.05) is 16.7 Å². The van der Waals surface area contributed by atoms with Gasteiger partial charge in [-0.1, -0.05) is 28.1 Å². The third-order valence-corrected chi connectivity index (χ3v) is 4.35. The summed E-state index contributed by atoms with van der Waals surface area (Å²) < 4.78 is 39.8. The van der Waals surface area contributed by atoms with Gasteiger partial charge in [0.05, 0.1) is 11.3 Å². The molecule has 0 amide bonds. The summed E-state index contributed by atoms with van der Waals surface area (Å²) in [6, 6.07) is 11.1. The molecular formula is C17H15BrF3N3. The molecule has 1 heterocycles. The first kappa shape index (κ1) is 16.8. The van der Waals surface area contributed by atoms with E-state index in [1.165, 1.54) is 6.07 Å². The Kier molecular flexibility index (Phi) is 4.54. The Morgan fingerprint density at radius 2 is 1.96 bits per heavy atom. The molecule has 0 aliphatic carbocycles. The number of anilines is 1. The van der Waals surface area contributed by atoms with Crippen LogP contribution in [-0.4, -0.2) is 12.5 Å². The standard InChI is InChI=1S/C17H15BrF3N3/c18-13-4-1-5-14(10-13)23-16(22)24-8-2-3-11-6-7-12(9-15(11)24)17(19,20)21/h1,4-7,9-10H,2-3,8H2,(H2,22,23). The van der Waals surface area contributed by atoms with Crippen molar-refractivity contribution in [3.8, 4) is 0 Å². The van der Waals surface area contributed by atoms with Crippen LogP contribution >= 0.6 is 15.9 Å². The van der Waals surface area contributed by atoms with Crippen LogP contribution in [-0.2, 0) is 12.6 Å². The number of nitrogens with two attached hydrogens (primary N) is 1. The topological polar surface area (TPSA) is 41.6 Å². The molecule has 2 aromatic rings. The molecule has 1 aliphatic rings. The molecule has 2 N–H and O–H groups in total. The highest BCUT2D eigenvalue weighted by Gasteiger charge is 2.32. The molecule has 0 bridgehead atoms. The quantitative estimate of drug-likeness (QED) is 0.550. The molecule has 24 heavy (non-hydrogen) atoms. The van der Waals surface area contributed by atoms with Crippen LogP contribution in [0.1, 0.15) is 17.5 Å². The number of guanidine groups is 1. The van der Waals surface area contributed by atoms with Crippen LogP contribution in [0.5, 0.6) is 0 Å². The summed E-state index contributed by atoms with van der Waals surface area (Å²) in [5, 5.41) is 0. The fourth-order valence-electron chi connectivity index (χ4n) is 2.73. The molecule has 2 aromatic carbocycles. The van der Waals surface area contributed by atoms with E-state index in [0.717, 1.165) is 35.0 Å². The molecule has 1 aliphatic heterocycles. The maximum Gasteiger partial charge on any atom is 0.416 e. The monoisotopic (exact) mass is 397 g/mol. The Morgan fingerprint density at radius 1 is 1.17 bits per heavy atom. The van der Waals surface area contributed by atoms with E-state index < -0.39 is 11.7 Å². The molecule has 7 heteroatoms. The van der Waals surface area contributed by atoms with E-state index in [0.29, 0.717) is 17.9 Å². The molecule has 0 atom stereocenters. The van der Waals surface area contributed by atoms with Crippen molar-refractivity contribution >= 4 is 33.3 Å². The van der Waals surface area contributed by atoms with E-state index in [1.54, 1.807) is 17.0 Å². The maximum atomic E-state index is 13.0. The lowest BCUT2D eigenvalue weighted by atomic mass is 9.99. The summed E-state index contributed by atoms with van der Waals surface area (Å²) in [5.41, 5.74) is 7.37. The summed E-state index contributed by atoms with van der Waals surface area (Å²) in [4.78, 5) is 5.99. The number of hydrogen-bond donors (Lipinski definition) is 1. The SMILES string of the molecule is NC(=Nc1cccc(Br)c1)N1CCCc2ccc(C(F)(F)F)cc21. The van der Waals surface area contributed by atoms with Crippen molar-refractivity contribution < 1.29 is 13.2 Å². The normalized spacial score (nSPS) is 15.3. The molecule has 0 aromatic heterocycles. The highest BCUT2D eigenvalue weighted by Crippen LogP contribution is 2.35. The molecule has 3 nitrogen and oxygen atoms in total. The zero-order valence-electron chi connectivity index (χ0n) is 12.6. The highest BCUT2D eigenvalue weighted by molar-refractivity contribution is 9.10. The molecule has 0 spiro atoms. The van der Waals surface area contributed by atoms with E-state index in [2.05, 4.69) is 20.9 Å². The number of alkyl halides is 3. The molecule has 0 radical (unpaired) electrons. The number of hydrogen-bond acceptors (Lipinski definition) is 1. The second-order valence-corrected chi connectivity index (χ2v) is 6.46. The zero-order valence-corrected chi connectivity index (χ0v) is 14.2. The zero-order chi connectivity index (χ0) is 17.3. The average Bonchev–Trinajstić information content (AvgIpc) is 2.53. The summed E-state index contributed by atoms with van der Waals surface area (Å²) in [6.07, 6.45) is -2.84. The van der Waals surface area contributed by atoms with Crippen LogP contribution in [0.3, 0.4) is 0 Å². The van der Waals surface area contributed by atoms with E-state index >= 15 is 0 Å². The summed E-state index contributed by atoms with van der Waals surface area (Å²) in [7, 11) is 0. The van der Waals surface area contributed by atoms with E-state index in [-0.39, 0.29) is 5.96 Å². The molecule has 0 saturated carbocycles. The van der Waals surface area contributed by atoms with Crippen LogP contribution in [0.25, 0.3) is 0 Å². The van der Waals surface area contributed by atoms with Crippen LogP contribution in [0.2, 0.25) is 0 Å². The van der Waals surface area contributed by atoms with E-state index in [1.807, 2.05) is 12.1 Å². The predicted molar refractivity (Wildman–Crippen MR) is 92.5 cm³/mol. The number of rotatable bonds is 1. The number of benzene rings is 2. The van der Waals surface area contributed by atoms with Gasteiger partial charge in [0.15, 0.2) is 0 Å². The third kappa shape index (κ3) is 3.56. The summed E-state index contributed by atoms with van der Waals surface area (Å²) in [6.45, 7) is 0.539. The first-order valence-electron chi connectivity index (χ1n) is 7.42. The Balaban J connectivity index is 1.99. The van der Waals surface area contributed by atoms with Crippen molar-refractivity contribution in [2.75, 3.05) is 11.4 Å². The van der Waals surface area contributed by atoms with Crippen LogP contribution < -0.4 is 10.6 Å². The smallest absolute Gasteiger partial charge is 0.369 e. The third-order valence-electron chi connectivity index (χ3n) is 3.86.